The fraction of sp³-hybridized carbons (Fsp3) is 0.174. The van der Waals surface area contributed by atoms with Crippen LogP contribution in [0.5, 0.6) is 0 Å². The number of aromatic nitrogens is 4. The van der Waals surface area contributed by atoms with Crippen LogP contribution in [-0.2, 0) is 16.1 Å². The summed E-state index contributed by atoms with van der Waals surface area (Å²) in [7, 11) is 0. The summed E-state index contributed by atoms with van der Waals surface area (Å²) in [5, 5.41) is 12.0. The van der Waals surface area contributed by atoms with E-state index in [1.807, 2.05) is 42.7 Å². The zero-order valence-electron chi connectivity index (χ0n) is 16.9. The quantitative estimate of drug-likeness (QED) is 0.488. The number of hydrogen-bond acceptors (Lipinski definition) is 5. The summed E-state index contributed by atoms with van der Waals surface area (Å²) in [5.74, 6) is -0.904. The van der Waals surface area contributed by atoms with Crippen molar-refractivity contribution in [3.8, 4) is 16.9 Å². The monoisotopic (exact) mass is 426 g/mol. The highest BCUT2D eigenvalue weighted by atomic mass is 16.2. The summed E-state index contributed by atoms with van der Waals surface area (Å²) in [6.45, 7) is 0.319. The predicted octanol–water partition coefficient (Wildman–Crippen LogP) is 2.18. The molecule has 9 heteroatoms. The average molecular weight is 426 g/mol. The third-order valence-corrected chi connectivity index (χ3v) is 6.11. The number of nitrogens with one attached hydrogen (secondary N) is 2. The minimum Gasteiger partial charge on any atom is -0.361 e. The number of carbonyl (C=O) groups is 3. The van der Waals surface area contributed by atoms with E-state index in [4.69, 9.17) is 0 Å². The summed E-state index contributed by atoms with van der Waals surface area (Å²) in [6.07, 6.45) is 4.33. The Morgan fingerprint density at radius 2 is 1.94 bits per heavy atom. The highest BCUT2D eigenvalue weighted by Gasteiger charge is 2.39. The molecule has 0 saturated carbocycles. The van der Waals surface area contributed by atoms with Gasteiger partial charge in [-0.3, -0.25) is 19.7 Å². The SMILES string of the molecule is O=C1CCC(N2Cc3cc(-n4cc(-c5ccc6[nH]ccc6c5)nn4)ccc3C2=O)C(=O)N1. The van der Waals surface area contributed by atoms with Crippen molar-refractivity contribution in [3.05, 3.63) is 66.0 Å². The lowest BCUT2D eigenvalue weighted by atomic mass is 10.0. The van der Waals surface area contributed by atoms with Crippen LogP contribution in [0.2, 0.25) is 0 Å². The van der Waals surface area contributed by atoms with Crippen LogP contribution in [0.25, 0.3) is 27.8 Å². The molecule has 0 spiro atoms. The van der Waals surface area contributed by atoms with E-state index in [0.717, 1.165) is 33.4 Å². The first-order valence-electron chi connectivity index (χ1n) is 10.3. The van der Waals surface area contributed by atoms with Gasteiger partial charge in [0.05, 0.1) is 11.9 Å². The number of imide groups is 1. The maximum atomic E-state index is 12.9. The van der Waals surface area contributed by atoms with E-state index >= 15 is 0 Å². The Kier molecular flexibility index (Phi) is 3.97. The predicted molar refractivity (Wildman–Crippen MR) is 115 cm³/mol. The third-order valence-electron chi connectivity index (χ3n) is 6.11. The van der Waals surface area contributed by atoms with Gasteiger partial charge < -0.3 is 9.88 Å². The Morgan fingerprint density at radius 3 is 2.81 bits per heavy atom. The molecule has 0 radical (unpaired) electrons. The number of amides is 3. The minimum absolute atomic E-state index is 0.194. The van der Waals surface area contributed by atoms with E-state index in [1.165, 1.54) is 4.90 Å². The van der Waals surface area contributed by atoms with Crippen molar-refractivity contribution in [1.29, 1.82) is 0 Å². The van der Waals surface area contributed by atoms with Crippen LogP contribution in [0.15, 0.2) is 54.9 Å². The maximum absolute atomic E-state index is 12.9. The molecule has 9 nitrogen and oxygen atoms in total. The lowest BCUT2D eigenvalue weighted by Gasteiger charge is -2.29. The molecule has 1 unspecified atom stereocenters. The van der Waals surface area contributed by atoms with Gasteiger partial charge in [-0.15, -0.1) is 5.10 Å². The Hall–Kier alpha value is -4.27. The van der Waals surface area contributed by atoms with Gasteiger partial charge in [0, 0.05) is 41.2 Å². The van der Waals surface area contributed by atoms with Crippen LogP contribution in [0, 0.1) is 0 Å². The zero-order valence-corrected chi connectivity index (χ0v) is 16.9. The van der Waals surface area contributed by atoms with Gasteiger partial charge >= 0.3 is 0 Å². The first-order valence-corrected chi connectivity index (χ1v) is 10.3. The molecule has 1 fully saturated rings. The number of piperidine rings is 1. The van der Waals surface area contributed by atoms with Crippen molar-refractivity contribution < 1.29 is 14.4 Å². The van der Waals surface area contributed by atoms with Gasteiger partial charge in [-0.05, 0) is 48.4 Å². The van der Waals surface area contributed by atoms with Crippen molar-refractivity contribution in [2.24, 2.45) is 0 Å². The first-order chi connectivity index (χ1) is 15.6. The summed E-state index contributed by atoms with van der Waals surface area (Å²) >= 11 is 0. The number of nitrogens with zero attached hydrogens (tertiary/aromatic N) is 4. The standard InChI is InChI=1S/C23H18N6O3/c30-21-6-5-20(22(31)25-21)28-11-15-10-16(2-3-17(15)23(28)32)29-12-19(26-27-29)13-1-4-18-14(9-13)7-8-24-18/h1-4,7-10,12,20,24H,5-6,11H2,(H,25,30,31). The Labute approximate surface area is 182 Å². The number of aromatic amines is 1. The summed E-state index contributed by atoms with van der Waals surface area (Å²) in [6, 6.07) is 12.9. The molecule has 2 aliphatic heterocycles. The average Bonchev–Trinajstić information content (AvgIpc) is 3.52. The molecule has 3 amide bonds. The number of benzene rings is 2. The summed E-state index contributed by atoms with van der Waals surface area (Å²) < 4.78 is 1.68. The van der Waals surface area contributed by atoms with Crippen molar-refractivity contribution >= 4 is 28.6 Å². The van der Waals surface area contributed by atoms with Crippen molar-refractivity contribution in [1.82, 2.24) is 30.2 Å². The largest absolute Gasteiger partial charge is 0.361 e. The van der Waals surface area contributed by atoms with Crippen molar-refractivity contribution in [3.63, 3.8) is 0 Å². The molecular weight excluding hydrogens is 408 g/mol. The lowest BCUT2D eigenvalue weighted by molar-refractivity contribution is -0.136. The van der Waals surface area contributed by atoms with Crippen LogP contribution < -0.4 is 5.32 Å². The Morgan fingerprint density at radius 1 is 1.03 bits per heavy atom. The van der Waals surface area contributed by atoms with Gasteiger partial charge in [0.1, 0.15) is 11.7 Å². The van der Waals surface area contributed by atoms with Crippen LogP contribution in [0.4, 0.5) is 0 Å². The smallest absolute Gasteiger partial charge is 0.255 e. The second kappa shape index (κ2) is 6.88. The summed E-state index contributed by atoms with van der Waals surface area (Å²) in [5.41, 5.74) is 4.94. The molecule has 0 bridgehead atoms. The Balaban J connectivity index is 1.28. The van der Waals surface area contributed by atoms with Crippen molar-refractivity contribution in [2.45, 2.75) is 25.4 Å². The van der Waals surface area contributed by atoms with E-state index in [0.29, 0.717) is 18.5 Å². The van der Waals surface area contributed by atoms with Gasteiger partial charge in [-0.2, -0.15) is 0 Å². The molecular formula is C23H18N6O3. The molecule has 4 heterocycles. The molecule has 6 rings (SSSR count). The normalized spacial score (nSPS) is 18.3. The molecule has 4 aromatic rings. The molecule has 2 aromatic heterocycles. The number of hydrogen-bond donors (Lipinski definition) is 2. The van der Waals surface area contributed by atoms with Crippen LogP contribution in [-0.4, -0.2) is 48.6 Å². The molecule has 2 aromatic carbocycles. The van der Waals surface area contributed by atoms with Crippen LogP contribution in [0.1, 0.15) is 28.8 Å². The molecule has 158 valence electrons. The second-order valence-corrected chi connectivity index (χ2v) is 8.07. The molecule has 2 N–H and O–H groups in total. The zero-order chi connectivity index (χ0) is 21.8. The summed E-state index contributed by atoms with van der Waals surface area (Å²) in [4.78, 5) is 41.2. The highest BCUT2D eigenvalue weighted by Crippen LogP contribution is 2.29. The molecule has 1 atom stereocenters. The van der Waals surface area contributed by atoms with E-state index < -0.39 is 11.9 Å². The number of rotatable bonds is 3. The van der Waals surface area contributed by atoms with Gasteiger partial charge in [-0.25, -0.2) is 4.68 Å². The van der Waals surface area contributed by atoms with Crippen LogP contribution >= 0.6 is 0 Å². The third kappa shape index (κ3) is 2.89. The molecule has 0 aliphatic carbocycles. The van der Waals surface area contributed by atoms with E-state index in [1.54, 1.807) is 10.7 Å². The van der Waals surface area contributed by atoms with Crippen molar-refractivity contribution in [2.75, 3.05) is 0 Å². The van der Waals surface area contributed by atoms with E-state index in [9.17, 15) is 14.4 Å². The second-order valence-electron chi connectivity index (χ2n) is 8.07. The minimum atomic E-state index is -0.627. The fourth-order valence-corrected chi connectivity index (χ4v) is 4.44. The number of fused-ring (bicyclic) bond motifs is 2. The lowest BCUT2D eigenvalue weighted by Crippen LogP contribution is -2.52. The topological polar surface area (TPSA) is 113 Å². The van der Waals surface area contributed by atoms with E-state index in [2.05, 4.69) is 26.7 Å². The number of carbonyl (C=O) groups excluding carboxylic acids is 3. The number of H-pyrrole nitrogens is 1. The van der Waals surface area contributed by atoms with Gasteiger partial charge in [0.15, 0.2) is 0 Å². The van der Waals surface area contributed by atoms with Gasteiger partial charge in [0.25, 0.3) is 5.91 Å². The first kappa shape index (κ1) is 18.5. The molecule has 32 heavy (non-hydrogen) atoms. The highest BCUT2D eigenvalue weighted by molar-refractivity contribution is 6.05. The Bertz CT molecular complexity index is 1420. The van der Waals surface area contributed by atoms with Gasteiger partial charge in [-0.1, -0.05) is 11.3 Å². The molecule has 1 saturated heterocycles. The maximum Gasteiger partial charge on any atom is 0.255 e. The van der Waals surface area contributed by atoms with Gasteiger partial charge in [0.2, 0.25) is 11.8 Å². The van der Waals surface area contributed by atoms with E-state index in [-0.39, 0.29) is 18.2 Å². The molecule has 2 aliphatic rings. The fourth-order valence-electron chi connectivity index (χ4n) is 4.44. The van der Waals surface area contributed by atoms with Crippen LogP contribution in [0.3, 0.4) is 0 Å².